The molecule has 0 saturated heterocycles. The third-order valence-electron chi connectivity index (χ3n) is 5.74. The molecular weight excluding hydrogens is 449 g/mol. The van der Waals surface area contributed by atoms with E-state index in [2.05, 4.69) is 10.6 Å². The summed E-state index contributed by atoms with van der Waals surface area (Å²) in [6, 6.07) is 16.6. The Kier molecular flexibility index (Phi) is 6.64. The third-order valence-corrected chi connectivity index (χ3v) is 5.74. The molecule has 7 nitrogen and oxygen atoms in total. The number of nitrogens with one attached hydrogen (secondary N) is 2. The van der Waals surface area contributed by atoms with Crippen molar-refractivity contribution in [2.24, 2.45) is 0 Å². The summed E-state index contributed by atoms with van der Waals surface area (Å²) in [5.74, 6) is -1.55. The summed E-state index contributed by atoms with van der Waals surface area (Å²) in [4.78, 5) is 37.8. The van der Waals surface area contributed by atoms with Gasteiger partial charge in [0.25, 0.3) is 5.91 Å². The van der Waals surface area contributed by atoms with Crippen molar-refractivity contribution in [2.45, 2.75) is 20.4 Å². The van der Waals surface area contributed by atoms with Gasteiger partial charge in [0.15, 0.2) is 0 Å². The van der Waals surface area contributed by atoms with Gasteiger partial charge in [-0.05, 0) is 54.4 Å². The second-order valence-electron chi connectivity index (χ2n) is 8.07. The highest BCUT2D eigenvalue weighted by Crippen LogP contribution is 2.27. The van der Waals surface area contributed by atoms with Crippen molar-refractivity contribution in [2.75, 3.05) is 17.7 Å². The SMILES string of the molecule is COC(=O)c1cc(CNc2cccc(F)c2)cc(NC(=O)c2cn(C(C)=O)c3ccccc23)c1C. The van der Waals surface area contributed by atoms with Gasteiger partial charge in [0.2, 0.25) is 5.91 Å². The zero-order valence-corrected chi connectivity index (χ0v) is 19.5. The Bertz CT molecular complexity index is 1460. The summed E-state index contributed by atoms with van der Waals surface area (Å²) in [5, 5.41) is 6.63. The van der Waals surface area contributed by atoms with Gasteiger partial charge in [0, 0.05) is 36.4 Å². The number of carbonyl (C=O) groups is 3. The molecule has 4 rings (SSSR count). The molecule has 0 aliphatic rings. The summed E-state index contributed by atoms with van der Waals surface area (Å²) in [5.41, 5.74) is 3.48. The molecule has 1 heterocycles. The molecule has 0 spiro atoms. The van der Waals surface area contributed by atoms with Gasteiger partial charge in [-0.25, -0.2) is 9.18 Å². The zero-order valence-electron chi connectivity index (χ0n) is 19.5. The normalized spacial score (nSPS) is 10.7. The van der Waals surface area contributed by atoms with Crippen molar-refractivity contribution in [3.8, 4) is 0 Å². The van der Waals surface area contributed by atoms with Crippen LogP contribution in [0, 0.1) is 12.7 Å². The van der Waals surface area contributed by atoms with Crippen molar-refractivity contribution in [3.05, 3.63) is 94.9 Å². The van der Waals surface area contributed by atoms with Gasteiger partial charge in [-0.2, -0.15) is 0 Å². The highest BCUT2D eigenvalue weighted by molar-refractivity contribution is 6.14. The highest BCUT2D eigenvalue weighted by atomic mass is 19.1. The van der Waals surface area contributed by atoms with Crippen LogP contribution in [0.1, 0.15) is 43.6 Å². The van der Waals surface area contributed by atoms with E-state index in [9.17, 15) is 18.8 Å². The fourth-order valence-corrected chi connectivity index (χ4v) is 3.94. The van der Waals surface area contributed by atoms with Crippen molar-refractivity contribution < 1.29 is 23.5 Å². The van der Waals surface area contributed by atoms with Gasteiger partial charge < -0.3 is 15.4 Å². The standard InChI is InChI=1S/C27H24FN3O4/c1-16-22(27(34)35-3)11-18(14-29-20-8-6-7-19(28)13-20)12-24(16)30-26(33)23-15-31(17(2)32)25-10-5-4-9-21(23)25/h4-13,15,29H,14H2,1-3H3,(H,30,33). The number of carbonyl (C=O) groups excluding carboxylic acids is 3. The van der Waals surface area contributed by atoms with Crippen LogP contribution in [0.4, 0.5) is 15.8 Å². The van der Waals surface area contributed by atoms with Crippen LogP contribution in [0.25, 0.3) is 10.9 Å². The number of hydrogen-bond donors (Lipinski definition) is 2. The quantitative estimate of drug-likeness (QED) is 0.366. The second-order valence-corrected chi connectivity index (χ2v) is 8.07. The molecule has 3 aromatic carbocycles. The Hall–Kier alpha value is -4.46. The maximum atomic E-state index is 13.5. The van der Waals surface area contributed by atoms with Crippen LogP contribution in [-0.4, -0.2) is 29.5 Å². The van der Waals surface area contributed by atoms with E-state index in [1.54, 1.807) is 55.5 Å². The number of aromatic nitrogens is 1. The second kappa shape index (κ2) is 9.80. The molecule has 1 aromatic heterocycles. The van der Waals surface area contributed by atoms with E-state index in [1.165, 1.54) is 36.9 Å². The number of benzene rings is 3. The number of nitrogens with zero attached hydrogens (tertiary/aromatic N) is 1. The first-order chi connectivity index (χ1) is 16.8. The first-order valence-corrected chi connectivity index (χ1v) is 10.9. The lowest BCUT2D eigenvalue weighted by molar-refractivity contribution is 0.0599. The number of methoxy groups -OCH3 is 1. The van der Waals surface area contributed by atoms with Gasteiger partial charge in [0.05, 0.1) is 23.8 Å². The van der Waals surface area contributed by atoms with E-state index in [1.807, 2.05) is 0 Å². The fourth-order valence-electron chi connectivity index (χ4n) is 3.94. The first kappa shape index (κ1) is 23.7. The molecular formula is C27H24FN3O4. The molecule has 0 atom stereocenters. The minimum atomic E-state index is -0.543. The van der Waals surface area contributed by atoms with E-state index in [0.29, 0.717) is 44.5 Å². The molecule has 178 valence electrons. The molecule has 8 heteroatoms. The molecule has 35 heavy (non-hydrogen) atoms. The van der Waals surface area contributed by atoms with Crippen LogP contribution >= 0.6 is 0 Å². The lowest BCUT2D eigenvalue weighted by Crippen LogP contribution is -2.16. The van der Waals surface area contributed by atoms with E-state index < -0.39 is 11.9 Å². The van der Waals surface area contributed by atoms with E-state index >= 15 is 0 Å². The summed E-state index contributed by atoms with van der Waals surface area (Å²) in [7, 11) is 1.29. The minimum Gasteiger partial charge on any atom is -0.465 e. The molecule has 0 unspecified atom stereocenters. The summed E-state index contributed by atoms with van der Waals surface area (Å²) in [6.45, 7) is 3.42. The molecule has 0 bridgehead atoms. The van der Waals surface area contributed by atoms with Crippen LogP contribution in [-0.2, 0) is 11.3 Å². The summed E-state index contributed by atoms with van der Waals surface area (Å²) >= 11 is 0. The molecule has 0 aliphatic heterocycles. The molecule has 0 radical (unpaired) electrons. The number of fused-ring (bicyclic) bond motifs is 1. The van der Waals surface area contributed by atoms with Gasteiger partial charge in [-0.3, -0.25) is 14.2 Å². The number of para-hydroxylation sites is 1. The summed E-state index contributed by atoms with van der Waals surface area (Å²) < 4.78 is 19.9. The topological polar surface area (TPSA) is 89.4 Å². The molecule has 0 fully saturated rings. The van der Waals surface area contributed by atoms with Crippen molar-refractivity contribution in [1.29, 1.82) is 0 Å². The average Bonchev–Trinajstić information content (AvgIpc) is 3.24. The largest absolute Gasteiger partial charge is 0.465 e. The molecule has 2 N–H and O–H groups in total. The van der Waals surface area contributed by atoms with Crippen molar-refractivity contribution in [1.82, 2.24) is 4.57 Å². The Morgan fingerprint density at radius 3 is 2.49 bits per heavy atom. The van der Waals surface area contributed by atoms with E-state index in [-0.39, 0.29) is 18.3 Å². The molecule has 1 amide bonds. The number of anilines is 2. The Morgan fingerprint density at radius 2 is 1.77 bits per heavy atom. The Morgan fingerprint density at radius 1 is 1.00 bits per heavy atom. The minimum absolute atomic E-state index is 0.213. The van der Waals surface area contributed by atoms with Crippen LogP contribution in [0.3, 0.4) is 0 Å². The van der Waals surface area contributed by atoms with Gasteiger partial charge in [0.1, 0.15) is 5.82 Å². The lowest BCUT2D eigenvalue weighted by atomic mass is 10.0. The van der Waals surface area contributed by atoms with E-state index in [0.717, 1.165) is 0 Å². The maximum absolute atomic E-state index is 13.5. The number of ether oxygens (including phenoxy) is 1. The number of hydrogen-bond acceptors (Lipinski definition) is 5. The number of halogens is 1. The van der Waals surface area contributed by atoms with Crippen molar-refractivity contribution in [3.63, 3.8) is 0 Å². The van der Waals surface area contributed by atoms with E-state index in [4.69, 9.17) is 4.74 Å². The third kappa shape index (κ3) is 4.91. The average molecular weight is 474 g/mol. The number of rotatable bonds is 6. The van der Waals surface area contributed by atoms with Gasteiger partial charge in [-0.1, -0.05) is 24.3 Å². The fraction of sp³-hybridized carbons (Fsp3) is 0.148. The smallest absolute Gasteiger partial charge is 0.338 e. The van der Waals surface area contributed by atoms with Crippen molar-refractivity contribution >= 4 is 40.1 Å². The zero-order chi connectivity index (χ0) is 25.1. The predicted octanol–water partition coefficient (Wildman–Crippen LogP) is 5.40. The van der Waals surface area contributed by atoms with Crippen LogP contribution in [0.15, 0.2) is 66.9 Å². The predicted molar refractivity (Wildman–Crippen MR) is 132 cm³/mol. The monoisotopic (exact) mass is 473 g/mol. The van der Waals surface area contributed by atoms with Gasteiger partial charge >= 0.3 is 5.97 Å². The van der Waals surface area contributed by atoms with Crippen LogP contribution in [0.2, 0.25) is 0 Å². The number of amides is 1. The Labute approximate surface area is 201 Å². The first-order valence-electron chi connectivity index (χ1n) is 10.9. The molecule has 0 aliphatic carbocycles. The Balaban J connectivity index is 1.69. The highest BCUT2D eigenvalue weighted by Gasteiger charge is 2.20. The van der Waals surface area contributed by atoms with Crippen LogP contribution in [0.5, 0.6) is 0 Å². The summed E-state index contributed by atoms with van der Waals surface area (Å²) in [6.07, 6.45) is 1.51. The van der Waals surface area contributed by atoms with Gasteiger partial charge in [-0.15, -0.1) is 0 Å². The van der Waals surface area contributed by atoms with Crippen LogP contribution < -0.4 is 10.6 Å². The lowest BCUT2D eigenvalue weighted by Gasteiger charge is -2.15. The number of esters is 1. The molecule has 4 aromatic rings. The molecule has 0 saturated carbocycles. The maximum Gasteiger partial charge on any atom is 0.338 e.